The van der Waals surface area contributed by atoms with E-state index in [9.17, 15) is 19.2 Å². The Morgan fingerprint density at radius 3 is 2.24 bits per heavy atom. The number of hydrogen-bond acceptors (Lipinski definition) is 6. The minimum atomic E-state index is -0.889. The van der Waals surface area contributed by atoms with Gasteiger partial charge < -0.3 is 9.47 Å². The van der Waals surface area contributed by atoms with Gasteiger partial charge in [0.05, 0.1) is 24.7 Å². The van der Waals surface area contributed by atoms with Crippen molar-refractivity contribution in [3.05, 3.63) is 59.0 Å². The highest BCUT2D eigenvalue weighted by Crippen LogP contribution is 2.27. The lowest BCUT2D eigenvalue weighted by Gasteiger charge is -2.17. The van der Waals surface area contributed by atoms with Crippen molar-refractivity contribution in [1.29, 1.82) is 0 Å². The van der Waals surface area contributed by atoms with Crippen LogP contribution in [-0.4, -0.2) is 41.7 Å². The first kappa shape index (κ1) is 16.6. The van der Waals surface area contributed by atoms with Gasteiger partial charge >= 0.3 is 5.97 Å². The normalized spacial score (nSPS) is 19.8. The number of allylic oxidation sites excluding steroid dienone is 1. The Kier molecular flexibility index (Phi) is 4.22. The van der Waals surface area contributed by atoms with E-state index < -0.39 is 23.9 Å². The fourth-order valence-corrected chi connectivity index (χ4v) is 2.72. The number of methoxy groups -OCH3 is 1. The van der Waals surface area contributed by atoms with Crippen molar-refractivity contribution in [2.24, 2.45) is 0 Å². The number of ether oxygens (including phenoxy) is 2. The summed E-state index contributed by atoms with van der Waals surface area (Å²) in [6, 6.07) is 6.27. The zero-order valence-corrected chi connectivity index (χ0v) is 13.6. The van der Waals surface area contributed by atoms with Gasteiger partial charge in [0, 0.05) is 0 Å². The first-order valence-corrected chi connectivity index (χ1v) is 7.57. The molecule has 2 amide bonds. The largest absolute Gasteiger partial charge is 0.491 e. The van der Waals surface area contributed by atoms with Gasteiger partial charge in [0.15, 0.2) is 11.5 Å². The number of benzene rings is 1. The van der Waals surface area contributed by atoms with E-state index in [0.717, 1.165) is 18.3 Å². The monoisotopic (exact) mass is 341 g/mol. The molecule has 0 saturated carbocycles. The molecule has 1 aromatic rings. The SMILES string of the molecule is COC(=O)/C(=C/O[C@H]1C=C(C)C(=O)C1)N1C(=O)c2ccccc2C1=O. The van der Waals surface area contributed by atoms with Crippen LogP contribution < -0.4 is 0 Å². The molecule has 0 N–H and O–H groups in total. The van der Waals surface area contributed by atoms with Crippen molar-refractivity contribution >= 4 is 23.6 Å². The predicted octanol–water partition coefficient (Wildman–Crippen LogP) is 1.60. The number of Topliss-reactive ketones (excluding diaryl/α,β-unsaturated/α-hetero) is 1. The fourth-order valence-electron chi connectivity index (χ4n) is 2.72. The molecule has 2 aliphatic rings. The second-order valence-corrected chi connectivity index (χ2v) is 5.64. The fraction of sp³-hybridized carbons (Fsp3) is 0.222. The minimum absolute atomic E-state index is 0.0567. The van der Waals surface area contributed by atoms with Gasteiger partial charge in [0.2, 0.25) is 0 Å². The average Bonchev–Trinajstić information content (AvgIpc) is 3.06. The number of ketones is 1. The van der Waals surface area contributed by atoms with Crippen LogP contribution >= 0.6 is 0 Å². The number of esters is 1. The summed E-state index contributed by atoms with van der Waals surface area (Å²) in [6.45, 7) is 1.67. The van der Waals surface area contributed by atoms with Gasteiger partial charge in [0.1, 0.15) is 12.4 Å². The molecule has 0 unspecified atom stereocenters. The van der Waals surface area contributed by atoms with Crippen LogP contribution in [0.1, 0.15) is 34.1 Å². The molecule has 0 aromatic heterocycles. The van der Waals surface area contributed by atoms with Crippen LogP contribution in [0.15, 0.2) is 47.9 Å². The smallest absolute Gasteiger partial charge is 0.358 e. The maximum absolute atomic E-state index is 12.5. The second-order valence-electron chi connectivity index (χ2n) is 5.64. The van der Waals surface area contributed by atoms with E-state index in [1.54, 1.807) is 25.1 Å². The number of carbonyl (C=O) groups excluding carboxylic acids is 4. The molecule has 128 valence electrons. The Morgan fingerprint density at radius 2 is 1.76 bits per heavy atom. The van der Waals surface area contributed by atoms with E-state index in [-0.39, 0.29) is 29.0 Å². The Hall–Kier alpha value is -3.22. The summed E-state index contributed by atoms with van der Waals surface area (Å²) in [5.74, 6) is -2.21. The van der Waals surface area contributed by atoms with Crippen LogP contribution in [0.3, 0.4) is 0 Å². The van der Waals surface area contributed by atoms with Crippen molar-refractivity contribution in [3.63, 3.8) is 0 Å². The molecule has 3 rings (SSSR count). The minimum Gasteiger partial charge on any atom is -0.491 e. The number of imide groups is 1. The van der Waals surface area contributed by atoms with Crippen LogP contribution in [-0.2, 0) is 19.1 Å². The third-order valence-corrected chi connectivity index (χ3v) is 4.05. The van der Waals surface area contributed by atoms with Crippen LogP contribution in [0.25, 0.3) is 0 Å². The molecule has 1 aliphatic carbocycles. The molecule has 0 radical (unpaired) electrons. The Labute approximate surface area is 143 Å². The number of carbonyl (C=O) groups is 4. The number of rotatable bonds is 4. The van der Waals surface area contributed by atoms with Gasteiger partial charge in [-0.1, -0.05) is 12.1 Å². The summed E-state index contributed by atoms with van der Waals surface area (Å²) in [5.41, 5.74) is 0.640. The van der Waals surface area contributed by atoms with Crippen LogP contribution in [0.2, 0.25) is 0 Å². The molecular formula is C18H15NO6. The number of fused-ring (bicyclic) bond motifs is 1. The molecule has 25 heavy (non-hydrogen) atoms. The lowest BCUT2D eigenvalue weighted by atomic mass is 10.1. The summed E-state index contributed by atoms with van der Waals surface area (Å²) < 4.78 is 10.1. The van der Waals surface area contributed by atoms with E-state index in [1.807, 2.05) is 0 Å². The van der Waals surface area contributed by atoms with Crippen molar-refractivity contribution < 1.29 is 28.7 Å². The van der Waals surface area contributed by atoms with Crippen LogP contribution in [0.5, 0.6) is 0 Å². The van der Waals surface area contributed by atoms with Gasteiger partial charge in [-0.3, -0.25) is 14.4 Å². The maximum atomic E-state index is 12.5. The summed E-state index contributed by atoms with van der Waals surface area (Å²) in [4.78, 5) is 49.4. The van der Waals surface area contributed by atoms with Gasteiger partial charge in [-0.2, -0.15) is 0 Å². The third kappa shape index (κ3) is 2.84. The molecule has 1 aromatic carbocycles. The highest BCUT2D eigenvalue weighted by molar-refractivity contribution is 6.24. The first-order valence-electron chi connectivity index (χ1n) is 7.57. The van der Waals surface area contributed by atoms with E-state index in [4.69, 9.17) is 4.74 Å². The molecule has 7 nitrogen and oxygen atoms in total. The van der Waals surface area contributed by atoms with Crippen LogP contribution in [0, 0.1) is 0 Å². The van der Waals surface area contributed by atoms with Crippen molar-refractivity contribution in [3.8, 4) is 0 Å². The molecule has 0 bridgehead atoms. The first-order chi connectivity index (χ1) is 11.9. The quantitative estimate of drug-likeness (QED) is 0.358. The third-order valence-electron chi connectivity index (χ3n) is 4.05. The highest BCUT2D eigenvalue weighted by Gasteiger charge is 2.40. The Bertz CT molecular complexity index is 816. The summed E-state index contributed by atoms with van der Waals surface area (Å²) in [7, 11) is 1.14. The summed E-state index contributed by atoms with van der Waals surface area (Å²) >= 11 is 0. The predicted molar refractivity (Wildman–Crippen MR) is 85.3 cm³/mol. The topological polar surface area (TPSA) is 90.0 Å². The highest BCUT2D eigenvalue weighted by atomic mass is 16.5. The molecular weight excluding hydrogens is 326 g/mol. The zero-order valence-electron chi connectivity index (χ0n) is 13.6. The second kappa shape index (κ2) is 6.35. The van der Waals surface area contributed by atoms with E-state index in [2.05, 4.69) is 4.74 Å². The van der Waals surface area contributed by atoms with Gasteiger partial charge in [-0.15, -0.1) is 0 Å². The summed E-state index contributed by atoms with van der Waals surface area (Å²) in [5, 5.41) is 0. The van der Waals surface area contributed by atoms with Crippen molar-refractivity contribution in [2.45, 2.75) is 19.4 Å². The molecule has 1 aliphatic heterocycles. The molecule has 0 fully saturated rings. The summed E-state index contributed by atoms with van der Waals surface area (Å²) in [6.07, 6.45) is 2.21. The molecule has 1 atom stereocenters. The molecule has 0 saturated heterocycles. The standard InChI is InChI=1S/C18H15NO6/c1-10-7-11(8-15(10)20)25-9-14(18(23)24-2)19-16(21)12-5-3-4-6-13(12)17(19)22/h3-7,9,11H,8H2,1-2H3/b14-9-/t11-/m0/s1. The van der Waals surface area contributed by atoms with Crippen molar-refractivity contribution in [1.82, 2.24) is 4.90 Å². The van der Waals surface area contributed by atoms with Crippen LogP contribution in [0.4, 0.5) is 0 Å². The van der Waals surface area contributed by atoms with E-state index >= 15 is 0 Å². The Morgan fingerprint density at radius 1 is 1.16 bits per heavy atom. The lowest BCUT2D eigenvalue weighted by Crippen LogP contribution is -2.33. The van der Waals surface area contributed by atoms with Gasteiger partial charge in [-0.05, 0) is 30.7 Å². The van der Waals surface area contributed by atoms with E-state index in [0.29, 0.717) is 5.57 Å². The number of hydrogen-bond donors (Lipinski definition) is 0. The molecule has 7 heteroatoms. The average molecular weight is 341 g/mol. The zero-order chi connectivity index (χ0) is 18.1. The Balaban J connectivity index is 1.91. The van der Waals surface area contributed by atoms with E-state index in [1.165, 1.54) is 12.1 Å². The van der Waals surface area contributed by atoms with Gasteiger partial charge in [-0.25, -0.2) is 9.69 Å². The van der Waals surface area contributed by atoms with Gasteiger partial charge in [0.25, 0.3) is 11.8 Å². The molecule has 0 spiro atoms. The lowest BCUT2D eigenvalue weighted by molar-refractivity contribution is -0.137. The molecule has 1 heterocycles. The van der Waals surface area contributed by atoms with Crippen molar-refractivity contribution in [2.75, 3.05) is 7.11 Å². The number of nitrogens with zero attached hydrogens (tertiary/aromatic N) is 1. The number of amides is 2. The maximum Gasteiger partial charge on any atom is 0.358 e.